The Balaban J connectivity index is 1.82. The maximum Gasteiger partial charge on any atom is 0.119 e. The molecule has 4 saturated carbocycles. The molecule has 4 aliphatic carbocycles. The van der Waals surface area contributed by atoms with Gasteiger partial charge in [0.05, 0.1) is 5.41 Å². The topological polar surface area (TPSA) is 0 Å². The first-order valence-electron chi connectivity index (χ1n) is 10.7. The Kier molecular flexibility index (Phi) is 4.11. The molecule has 0 radical (unpaired) electrons. The van der Waals surface area contributed by atoms with Crippen LogP contribution in [0.5, 0.6) is 0 Å². The average Bonchev–Trinajstić information content (AvgIpc) is 2.80. The molecule has 0 N–H and O–H groups in total. The van der Waals surface area contributed by atoms with E-state index in [9.17, 15) is 0 Å². The second kappa shape index (κ2) is 6.60. The van der Waals surface area contributed by atoms with Gasteiger partial charge in [0.15, 0.2) is 0 Å². The van der Waals surface area contributed by atoms with Gasteiger partial charge < -0.3 is 0 Å². The highest BCUT2D eigenvalue weighted by Crippen LogP contribution is 2.75. The lowest BCUT2D eigenvalue weighted by atomic mass is 9.30. The van der Waals surface area contributed by atoms with Gasteiger partial charge in [-0.15, -0.1) is 25.2 Å². The highest BCUT2D eigenvalue weighted by Gasteiger charge is 2.74. The van der Waals surface area contributed by atoms with Gasteiger partial charge in [-0.2, -0.15) is 0 Å². The normalized spacial score (nSPS) is 37.8. The van der Waals surface area contributed by atoms with Crippen LogP contribution in [0.15, 0.2) is 60.7 Å². The van der Waals surface area contributed by atoms with Gasteiger partial charge in [0.1, 0.15) is 5.41 Å². The van der Waals surface area contributed by atoms with E-state index in [1.54, 1.807) is 0 Å². The summed E-state index contributed by atoms with van der Waals surface area (Å²) in [6.45, 7) is 0. The monoisotopic (exact) mass is 384 g/mol. The molecule has 0 spiro atoms. The van der Waals surface area contributed by atoms with Gasteiger partial charge in [-0.05, 0) is 55.2 Å². The van der Waals surface area contributed by atoms with Crippen molar-refractivity contribution in [3.05, 3.63) is 71.8 Å². The third-order valence-electron chi connectivity index (χ3n) is 8.03. The summed E-state index contributed by atoms with van der Waals surface area (Å²) in [5.41, 5.74) is 0.550. The van der Waals surface area contributed by atoms with Crippen LogP contribution in [-0.4, -0.2) is 0 Å². The molecule has 0 amide bonds. The number of rotatable bonds is 1. The molecule has 2 aromatic carbocycles. The third-order valence-corrected chi connectivity index (χ3v) is 8.03. The molecule has 4 aliphatic rings. The van der Waals surface area contributed by atoms with Crippen molar-refractivity contribution in [1.82, 2.24) is 0 Å². The molecule has 144 valence electrons. The van der Waals surface area contributed by atoms with E-state index >= 15 is 0 Å². The fraction of sp³-hybridized carbons (Fsp3) is 0.333. The molecule has 0 aromatic heterocycles. The predicted octanol–water partition coefficient (Wildman–Crippen LogP) is 5.30. The fourth-order valence-corrected chi connectivity index (χ4v) is 7.10. The van der Waals surface area contributed by atoms with Crippen LogP contribution in [-0.2, 0) is 5.41 Å². The smallest absolute Gasteiger partial charge is 0.119 e. The van der Waals surface area contributed by atoms with Crippen molar-refractivity contribution in [3.63, 3.8) is 0 Å². The van der Waals surface area contributed by atoms with Crippen molar-refractivity contribution >= 4 is 0 Å². The van der Waals surface area contributed by atoms with E-state index in [1.807, 2.05) is 30.3 Å². The first-order chi connectivity index (χ1) is 14.6. The Hall–Kier alpha value is -3.32. The number of terminal acetylenes is 3. The molecule has 4 fully saturated rings. The molecular formula is C30H24. The van der Waals surface area contributed by atoms with E-state index in [-0.39, 0.29) is 11.3 Å². The van der Waals surface area contributed by atoms with Crippen LogP contribution in [0.3, 0.4) is 0 Å². The molecule has 0 nitrogen and oxygen atoms in total. The molecule has 6 atom stereocenters. The largest absolute Gasteiger partial charge is 0.120 e. The summed E-state index contributed by atoms with van der Waals surface area (Å²) in [7, 11) is 0. The number of benzene rings is 2. The highest BCUT2D eigenvalue weighted by molar-refractivity contribution is 5.54. The van der Waals surface area contributed by atoms with Gasteiger partial charge in [0.2, 0.25) is 0 Å². The Labute approximate surface area is 180 Å². The molecule has 0 aliphatic heterocycles. The summed E-state index contributed by atoms with van der Waals surface area (Å²) in [5.74, 6) is 17.4. The molecule has 30 heavy (non-hydrogen) atoms. The zero-order chi connectivity index (χ0) is 20.8. The van der Waals surface area contributed by atoms with E-state index in [4.69, 9.17) is 19.3 Å². The summed E-state index contributed by atoms with van der Waals surface area (Å²) in [4.78, 5) is 0. The minimum atomic E-state index is -0.795. The predicted molar refractivity (Wildman–Crippen MR) is 122 cm³/mol. The van der Waals surface area contributed by atoms with Crippen molar-refractivity contribution in [3.8, 4) is 48.9 Å². The first kappa shape index (κ1) is 18.7. The van der Waals surface area contributed by atoms with Gasteiger partial charge in [-0.3, -0.25) is 0 Å². The van der Waals surface area contributed by atoms with Gasteiger partial charge in [-0.25, -0.2) is 0 Å². The van der Waals surface area contributed by atoms with E-state index < -0.39 is 10.8 Å². The standard InChI is InChI=1S/C30H24/c1-4-27-25-19-24-20-28(27,5-2)30(6-3,18-17-23-13-9-7-10-14-23)29(21-24,22-25)26-15-11-8-12-16-26/h1-3,7-16,24-25,27H,19-22H2. The Bertz CT molecular complexity index is 1160. The van der Waals surface area contributed by atoms with Gasteiger partial charge in [-0.1, -0.05) is 72.2 Å². The third kappa shape index (κ3) is 2.18. The van der Waals surface area contributed by atoms with E-state index in [1.165, 1.54) is 5.56 Å². The second-order valence-corrected chi connectivity index (χ2v) is 9.19. The van der Waals surface area contributed by atoms with Crippen molar-refractivity contribution in [2.45, 2.75) is 31.1 Å². The zero-order valence-corrected chi connectivity index (χ0v) is 17.1. The summed E-state index contributed by atoms with van der Waals surface area (Å²) in [6, 6.07) is 20.7. The summed E-state index contributed by atoms with van der Waals surface area (Å²) in [5, 5.41) is 0. The average molecular weight is 385 g/mol. The maximum absolute atomic E-state index is 6.44. The molecule has 6 unspecified atom stereocenters. The van der Waals surface area contributed by atoms with Gasteiger partial charge in [0.25, 0.3) is 0 Å². The Morgan fingerprint density at radius 1 is 0.800 bits per heavy atom. The van der Waals surface area contributed by atoms with E-state index in [0.717, 1.165) is 31.2 Å². The molecule has 0 saturated heterocycles. The summed E-state index contributed by atoms with van der Waals surface area (Å²) >= 11 is 0. The van der Waals surface area contributed by atoms with Crippen LogP contribution in [0.2, 0.25) is 0 Å². The molecule has 4 bridgehead atoms. The zero-order valence-electron chi connectivity index (χ0n) is 17.1. The molecule has 6 rings (SSSR count). The summed E-state index contributed by atoms with van der Waals surface area (Å²) < 4.78 is 0. The second-order valence-electron chi connectivity index (χ2n) is 9.19. The highest BCUT2D eigenvalue weighted by atomic mass is 14.7. The van der Waals surface area contributed by atoms with Crippen molar-refractivity contribution in [2.24, 2.45) is 28.6 Å². The molecule has 0 heteroatoms. The summed E-state index contributed by atoms with van der Waals surface area (Å²) in [6.07, 6.45) is 22.9. The maximum atomic E-state index is 6.44. The molecular weight excluding hydrogens is 360 g/mol. The lowest BCUT2D eigenvalue weighted by molar-refractivity contribution is -0.135. The van der Waals surface area contributed by atoms with Crippen LogP contribution >= 0.6 is 0 Å². The van der Waals surface area contributed by atoms with Crippen molar-refractivity contribution in [2.75, 3.05) is 0 Å². The van der Waals surface area contributed by atoms with Gasteiger partial charge in [0, 0.05) is 16.9 Å². The van der Waals surface area contributed by atoms with Crippen LogP contribution in [0.1, 0.15) is 36.8 Å². The van der Waals surface area contributed by atoms with E-state index in [0.29, 0.717) is 11.8 Å². The first-order valence-corrected chi connectivity index (χ1v) is 10.7. The molecule has 0 heterocycles. The van der Waals surface area contributed by atoms with Crippen LogP contribution in [0, 0.1) is 77.5 Å². The SMILES string of the molecule is C#CC1C2CC3CC(c4ccccc4)(C2)C(C#C)(C#Cc2ccccc2)C1(C#C)C3. The Morgan fingerprint density at radius 3 is 2.13 bits per heavy atom. The fourth-order valence-electron chi connectivity index (χ4n) is 7.10. The van der Waals surface area contributed by atoms with E-state index in [2.05, 4.69) is 59.9 Å². The quantitative estimate of drug-likeness (QED) is 0.586. The van der Waals surface area contributed by atoms with Crippen molar-refractivity contribution in [1.29, 1.82) is 0 Å². The van der Waals surface area contributed by atoms with Crippen molar-refractivity contribution < 1.29 is 0 Å². The lowest BCUT2D eigenvalue weighted by Crippen LogP contribution is -2.69. The van der Waals surface area contributed by atoms with Crippen LogP contribution in [0.4, 0.5) is 0 Å². The van der Waals surface area contributed by atoms with Crippen LogP contribution < -0.4 is 0 Å². The Morgan fingerprint density at radius 2 is 1.50 bits per heavy atom. The molecule has 2 aromatic rings. The lowest BCUT2D eigenvalue weighted by Gasteiger charge is -2.70. The van der Waals surface area contributed by atoms with Gasteiger partial charge >= 0.3 is 0 Å². The minimum Gasteiger partial charge on any atom is -0.120 e. The number of hydrogen-bond acceptors (Lipinski definition) is 0. The van der Waals surface area contributed by atoms with Crippen LogP contribution in [0.25, 0.3) is 0 Å². The minimum absolute atomic E-state index is 0.0305. The number of hydrogen-bond donors (Lipinski definition) is 0.